The van der Waals surface area contributed by atoms with Crippen molar-refractivity contribution >= 4 is 40.1 Å². The fourth-order valence-corrected chi connectivity index (χ4v) is 5.62. The summed E-state index contributed by atoms with van der Waals surface area (Å²) in [5.41, 5.74) is 1.53. The molecule has 10 nitrogen and oxygen atoms in total. The molecule has 2 atom stereocenters. The average Bonchev–Trinajstić information content (AvgIpc) is 3.61. The normalized spacial score (nSPS) is 18.7. The molecule has 212 valence electrons. The van der Waals surface area contributed by atoms with Crippen molar-refractivity contribution < 1.29 is 23.2 Å². The molecule has 0 spiro atoms. The van der Waals surface area contributed by atoms with Crippen LogP contribution in [0.4, 0.5) is 20.3 Å². The quantitative estimate of drug-likeness (QED) is 0.345. The van der Waals surface area contributed by atoms with E-state index in [2.05, 4.69) is 20.5 Å². The number of nitrogens with zero attached hydrogens (tertiary/aromatic N) is 5. The van der Waals surface area contributed by atoms with Crippen LogP contribution < -0.4 is 15.1 Å². The number of amides is 3. The van der Waals surface area contributed by atoms with Gasteiger partial charge in [-0.2, -0.15) is 10.4 Å². The van der Waals surface area contributed by atoms with Crippen molar-refractivity contribution in [2.75, 3.05) is 9.80 Å². The number of pyridine rings is 1. The number of benzene rings is 2. The third-order valence-electron chi connectivity index (χ3n) is 7.63. The fourth-order valence-electron chi connectivity index (χ4n) is 5.62. The minimum absolute atomic E-state index is 0.0519. The van der Waals surface area contributed by atoms with Crippen LogP contribution in [-0.4, -0.2) is 50.9 Å². The molecule has 1 aliphatic carbocycles. The predicted molar refractivity (Wildman–Crippen MR) is 148 cm³/mol. The summed E-state index contributed by atoms with van der Waals surface area (Å²) < 4.78 is 27.3. The smallest absolute Gasteiger partial charge is 0.252 e. The molecule has 2 unspecified atom stereocenters. The summed E-state index contributed by atoms with van der Waals surface area (Å²) in [6, 6.07) is 15.6. The summed E-state index contributed by atoms with van der Waals surface area (Å²) in [6.45, 7) is 0. The number of carbonyl (C=O) groups excluding carboxylic acids is 3. The maximum absolute atomic E-state index is 14.7. The molecule has 2 fully saturated rings. The summed E-state index contributed by atoms with van der Waals surface area (Å²) in [4.78, 5) is 48.6. The van der Waals surface area contributed by atoms with E-state index in [1.165, 1.54) is 28.1 Å². The van der Waals surface area contributed by atoms with Crippen LogP contribution >= 0.6 is 0 Å². The zero-order chi connectivity index (χ0) is 29.4. The number of aromatic amines is 1. The van der Waals surface area contributed by atoms with Gasteiger partial charge in [-0.3, -0.25) is 29.3 Å². The van der Waals surface area contributed by atoms with Crippen LogP contribution in [0.3, 0.4) is 0 Å². The molecule has 2 aromatic carbocycles. The zero-order valence-corrected chi connectivity index (χ0v) is 22.2. The Balaban J connectivity index is 1.47. The maximum Gasteiger partial charge on any atom is 0.252 e. The Morgan fingerprint density at radius 2 is 1.93 bits per heavy atom. The molecule has 42 heavy (non-hydrogen) atoms. The molecule has 6 rings (SSSR count). The number of H-pyrrole nitrogens is 1. The van der Waals surface area contributed by atoms with Gasteiger partial charge in [-0.25, -0.2) is 13.8 Å². The highest BCUT2D eigenvalue weighted by molar-refractivity contribution is 6.13. The number of anilines is 2. The molecular weight excluding hydrogens is 544 g/mol. The first kappa shape index (κ1) is 27.0. The first-order valence-corrected chi connectivity index (χ1v) is 13.4. The van der Waals surface area contributed by atoms with Crippen LogP contribution in [0, 0.1) is 11.3 Å². The number of fused-ring (bicyclic) bond motifs is 1. The Morgan fingerprint density at radius 3 is 2.67 bits per heavy atom. The fraction of sp³-hybridized carbons (Fsp3) is 0.267. The number of rotatable bonds is 7. The number of carbonyl (C=O) groups is 3. The molecule has 0 bridgehead atoms. The van der Waals surface area contributed by atoms with Crippen molar-refractivity contribution in [1.82, 2.24) is 20.5 Å². The average molecular weight is 570 g/mol. The molecule has 12 heteroatoms. The summed E-state index contributed by atoms with van der Waals surface area (Å²) in [5.74, 6) is -4.27. The summed E-state index contributed by atoms with van der Waals surface area (Å²) in [6.07, 6.45) is 2.18. The van der Waals surface area contributed by atoms with E-state index in [0.29, 0.717) is 22.2 Å². The number of nitriles is 1. The Kier molecular flexibility index (Phi) is 6.86. The van der Waals surface area contributed by atoms with Gasteiger partial charge in [0.25, 0.3) is 11.8 Å². The van der Waals surface area contributed by atoms with Crippen molar-refractivity contribution in [3.63, 3.8) is 0 Å². The van der Waals surface area contributed by atoms with Crippen molar-refractivity contribution in [2.24, 2.45) is 0 Å². The summed E-state index contributed by atoms with van der Waals surface area (Å²) in [5, 5.41) is 19.8. The lowest BCUT2D eigenvalue weighted by atomic mass is 9.87. The molecule has 0 radical (unpaired) electrons. The maximum atomic E-state index is 14.7. The number of halogens is 2. The first-order chi connectivity index (χ1) is 20.3. The monoisotopic (exact) mass is 569 g/mol. The van der Waals surface area contributed by atoms with Gasteiger partial charge in [0.15, 0.2) is 0 Å². The van der Waals surface area contributed by atoms with E-state index in [1.54, 1.807) is 54.7 Å². The molecular formula is C30H25F2N7O3. The van der Waals surface area contributed by atoms with Crippen LogP contribution in [0.2, 0.25) is 0 Å². The second-order valence-electron chi connectivity index (χ2n) is 10.4. The second-order valence-corrected chi connectivity index (χ2v) is 10.4. The van der Waals surface area contributed by atoms with Gasteiger partial charge < -0.3 is 5.32 Å². The van der Waals surface area contributed by atoms with E-state index in [-0.39, 0.29) is 30.1 Å². The lowest BCUT2D eigenvalue weighted by molar-refractivity contribution is -0.133. The highest BCUT2D eigenvalue weighted by Gasteiger charge is 2.48. The van der Waals surface area contributed by atoms with E-state index < -0.39 is 48.7 Å². The van der Waals surface area contributed by atoms with E-state index in [0.717, 1.165) is 0 Å². The zero-order valence-electron chi connectivity index (χ0n) is 22.2. The molecule has 3 heterocycles. The number of hydrogen-bond acceptors (Lipinski definition) is 6. The molecule has 1 saturated heterocycles. The highest BCUT2D eigenvalue weighted by atomic mass is 19.3. The van der Waals surface area contributed by atoms with Crippen molar-refractivity contribution in [3.05, 3.63) is 84.2 Å². The van der Waals surface area contributed by atoms with Crippen molar-refractivity contribution in [1.29, 1.82) is 5.26 Å². The number of para-hydroxylation sites is 1. The lowest BCUT2D eigenvalue weighted by Crippen LogP contribution is -2.56. The highest BCUT2D eigenvalue weighted by Crippen LogP contribution is 2.39. The van der Waals surface area contributed by atoms with Gasteiger partial charge in [0.2, 0.25) is 11.8 Å². The Bertz CT molecular complexity index is 1710. The standard InChI is InChI=1S/C30H25F2N7O3/c31-30(32)14-21(15-30)36-28(41)27(19-5-2-1-3-6-19)39(22-8-4-7-20-17-35-37-26(20)22)29(42)23-9-10-25(40)38(23)24-13-18(16-33)11-12-34-24/h1-8,11-13,17,21,23,27H,9-10,14-15H2,(H,35,37)(H,36,41). The predicted octanol–water partition coefficient (Wildman–Crippen LogP) is 4.01. The molecule has 1 aliphatic heterocycles. The van der Waals surface area contributed by atoms with E-state index >= 15 is 0 Å². The van der Waals surface area contributed by atoms with Crippen LogP contribution in [0.1, 0.15) is 42.9 Å². The topological polar surface area (TPSA) is 135 Å². The first-order valence-electron chi connectivity index (χ1n) is 13.4. The van der Waals surface area contributed by atoms with Crippen molar-refractivity contribution in [3.8, 4) is 6.07 Å². The van der Waals surface area contributed by atoms with Gasteiger partial charge in [0.1, 0.15) is 17.9 Å². The van der Waals surface area contributed by atoms with Crippen LogP contribution in [0.15, 0.2) is 73.1 Å². The van der Waals surface area contributed by atoms with Gasteiger partial charge in [0, 0.05) is 36.9 Å². The largest absolute Gasteiger partial charge is 0.351 e. The third-order valence-corrected chi connectivity index (χ3v) is 7.63. The number of nitrogens with one attached hydrogen (secondary N) is 2. The van der Waals surface area contributed by atoms with Gasteiger partial charge >= 0.3 is 0 Å². The Labute approximate surface area is 238 Å². The van der Waals surface area contributed by atoms with Crippen LogP contribution in [-0.2, 0) is 14.4 Å². The Hall–Kier alpha value is -5.18. The van der Waals surface area contributed by atoms with E-state index in [4.69, 9.17) is 0 Å². The molecule has 3 amide bonds. The number of aromatic nitrogens is 3. The summed E-state index contributed by atoms with van der Waals surface area (Å²) in [7, 11) is 0. The van der Waals surface area contributed by atoms with Gasteiger partial charge in [-0.1, -0.05) is 42.5 Å². The molecule has 2 N–H and O–H groups in total. The Morgan fingerprint density at radius 1 is 1.14 bits per heavy atom. The van der Waals surface area contributed by atoms with Gasteiger partial charge in [0.05, 0.1) is 29.0 Å². The third kappa shape index (κ3) is 4.94. The van der Waals surface area contributed by atoms with Crippen LogP contribution in [0.5, 0.6) is 0 Å². The minimum atomic E-state index is -2.85. The SMILES string of the molecule is N#Cc1ccnc(N2C(=O)CCC2C(=O)N(c2cccc3cn[nH]c23)C(C(=O)NC2CC(F)(F)C2)c2ccccc2)c1. The van der Waals surface area contributed by atoms with E-state index in [9.17, 15) is 28.4 Å². The van der Waals surface area contributed by atoms with Crippen molar-refractivity contribution in [2.45, 2.75) is 49.7 Å². The number of alkyl halides is 2. The lowest BCUT2D eigenvalue weighted by Gasteiger charge is -2.39. The second kappa shape index (κ2) is 10.7. The number of hydrogen-bond donors (Lipinski definition) is 2. The molecule has 1 saturated carbocycles. The summed E-state index contributed by atoms with van der Waals surface area (Å²) >= 11 is 0. The molecule has 4 aromatic rings. The van der Waals surface area contributed by atoms with Crippen LogP contribution in [0.25, 0.3) is 10.9 Å². The minimum Gasteiger partial charge on any atom is -0.351 e. The molecule has 2 aromatic heterocycles. The van der Waals surface area contributed by atoms with Gasteiger partial charge in [-0.15, -0.1) is 0 Å². The van der Waals surface area contributed by atoms with Gasteiger partial charge in [-0.05, 0) is 30.2 Å². The molecule has 2 aliphatic rings. The van der Waals surface area contributed by atoms with E-state index in [1.807, 2.05) is 6.07 Å².